The molecule has 0 aliphatic carbocycles. The maximum Gasteiger partial charge on any atom is 0.130 e. The van der Waals surface area contributed by atoms with Gasteiger partial charge in [-0.25, -0.2) is 4.39 Å². The SMILES string of the molecule is CC(C)=CC/C=C\C=C(\C)c1ccccc1F. The second-order valence-electron chi connectivity index (χ2n) is 4.27. The van der Waals surface area contributed by atoms with Gasteiger partial charge in [-0.05, 0) is 38.8 Å². The van der Waals surface area contributed by atoms with Gasteiger partial charge in [-0.3, -0.25) is 0 Å². The van der Waals surface area contributed by atoms with E-state index in [1.807, 2.05) is 25.1 Å². The van der Waals surface area contributed by atoms with Crippen LogP contribution in [0.5, 0.6) is 0 Å². The van der Waals surface area contributed by atoms with Crippen molar-refractivity contribution in [1.29, 1.82) is 0 Å². The lowest BCUT2D eigenvalue weighted by Crippen LogP contribution is -1.84. The van der Waals surface area contributed by atoms with Crippen LogP contribution in [0.1, 0.15) is 32.8 Å². The van der Waals surface area contributed by atoms with Crippen LogP contribution in [0.2, 0.25) is 0 Å². The molecular formula is C16H19F. The van der Waals surface area contributed by atoms with Crippen molar-refractivity contribution in [3.63, 3.8) is 0 Å². The summed E-state index contributed by atoms with van der Waals surface area (Å²) < 4.78 is 13.4. The molecule has 0 nitrogen and oxygen atoms in total. The van der Waals surface area contributed by atoms with E-state index in [4.69, 9.17) is 0 Å². The van der Waals surface area contributed by atoms with Crippen LogP contribution in [0.4, 0.5) is 4.39 Å². The summed E-state index contributed by atoms with van der Waals surface area (Å²) in [7, 11) is 0. The third kappa shape index (κ3) is 4.81. The van der Waals surface area contributed by atoms with Gasteiger partial charge in [0.05, 0.1) is 0 Å². The van der Waals surface area contributed by atoms with Gasteiger partial charge < -0.3 is 0 Å². The zero-order chi connectivity index (χ0) is 12.7. The number of hydrogen-bond acceptors (Lipinski definition) is 0. The van der Waals surface area contributed by atoms with E-state index in [2.05, 4.69) is 26.0 Å². The Morgan fingerprint density at radius 3 is 2.53 bits per heavy atom. The van der Waals surface area contributed by atoms with Gasteiger partial charge in [0.15, 0.2) is 0 Å². The van der Waals surface area contributed by atoms with Crippen molar-refractivity contribution >= 4 is 5.57 Å². The van der Waals surface area contributed by atoms with Crippen LogP contribution >= 0.6 is 0 Å². The van der Waals surface area contributed by atoms with E-state index in [0.29, 0.717) is 5.56 Å². The third-order valence-electron chi connectivity index (χ3n) is 2.44. The van der Waals surface area contributed by atoms with E-state index in [1.165, 1.54) is 11.6 Å². The first kappa shape index (κ1) is 13.4. The Balaban J connectivity index is 2.68. The summed E-state index contributed by atoms with van der Waals surface area (Å²) in [6.07, 6.45) is 9.06. The van der Waals surface area contributed by atoms with E-state index < -0.39 is 0 Å². The molecule has 0 heterocycles. The largest absolute Gasteiger partial charge is 0.206 e. The first-order chi connectivity index (χ1) is 8.11. The van der Waals surface area contributed by atoms with Crippen LogP contribution in [0.25, 0.3) is 5.57 Å². The van der Waals surface area contributed by atoms with E-state index >= 15 is 0 Å². The minimum atomic E-state index is -0.168. The van der Waals surface area contributed by atoms with Crippen molar-refractivity contribution in [1.82, 2.24) is 0 Å². The maximum absolute atomic E-state index is 13.4. The van der Waals surface area contributed by atoms with Crippen LogP contribution in [0.15, 0.2) is 54.1 Å². The number of halogens is 1. The highest BCUT2D eigenvalue weighted by Crippen LogP contribution is 2.17. The van der Waals surface area contributed by atoms with Gasteiger partial charge in [-0.1, -0.05) is 48.1 Å². The molecule has 0 amide bonds. The lowest BCUT2D eigenvalue weighted by molar-refractivity contribution is 0.624. The molecule has 0 aliphatic rings. The summed E-state index contributed by atoms with van der Waals surface area (Å²) in [5.74, 6) is -0.168. The molecule has 17 heavy (non-hydrogen) atoms. The molecule has 0 aliphatic heterocycles. The van der Waals surface area contributed by atoms with E-state index in [9.17, 15) is 4.39 Å². The predicted molar refractivity (Wildman–Crippen MR) is 73.2 cm³/mol. The van der Waals surface area contributed by atoms with Gasteiger partial charge in [0, 0.05) is 5.56 Å². The molecule has 1 aromatic carbocycles. The molecular weight excluding hydrogens is 211 g/mol. The molecule has 0 N–H and O–H groups in total. The highest BCUT2D eigenvalue weighted by molar-refractivity contribution is 5.65. The maximum atomic E-state index is 13.4. The highest BCUT2D eigenvalue weighted by atomic mass is 19.1. The van der Waals surface area contributed by atoms with Crippen molar-refractivity contribution in [2.24, 2.45) is 0 Å². The quantitative estimate of drug-likeness (QED) is 0.496. The van der Waals surface area contributed by atoms with Crippen molar-refractivity contribution < 1.29 is 4.39 Å². The Morgan fingerprint density at radius 2 is 1.88 bits per heavy atom. The fourth-order valence-corrected chi connectivity index (χ4v) is 1.47. The van der Waals surface area contributed by atoms with Crippen LogP contribution in [0.3, 0.4) is 0 Å². The molecule has 1 heteroatoms. The second kappa shape index (κ2) is 6.85. The Kier molecular flexibility index (Phi) is 5.41. The Hall–Kier alpha value is -1.63. The first-order valence-electron chi connectivity index (χ1n) is 5.83. The van der Waals surface area contributed by atoms with Gasteiger partial charge in [-0.2, -0.15) is 0 Å². The summed E-state index contributed by atoms with van der Waals surface area (Å²) >= 11 is 0. The Bertz CT molecular complexity index is 446. The molecule has 0 fully saturated rings. The van der Waals surface area contributed by atoms with Gasteiger partial charge in [0.1, 0.15) is 5.82 Å². The molecule has 0 radical (unpaired) electrons. The molecule has 0 bridgehead atoms. The van der Waals surface area contributed by atoms with Crippen LogP contribution in [0, 0.1) is 5.82 Å². The molecule has 0 aromatic heterocycles. The minimum absolute atomic E-state index is 0.168. The second-order valence-corrected chi connectivity index (χ2v) is 4.27. The van der Waals surface area contributed by atoms with Gasteiger partial charge >= 0.3 is 0 Å². The molecule has 0 saturated carbocycles. The van der Waals surface area contributed by atoms with Gasteiger partial charge in [0.25, 0.3) is 0 Å². The van der Waals surface area contributed by atoms with E-state index in [-0.39, 0.29) is 5.82 Å². The summed E-state index contributed by atoms with van der Waals surface area (Å²) in [6, 6.07) is 6.84. The van der Waals surface area contributed by atoms with E-state index in [1.54, 1.807) is 12.1 Å². The molecule has 1 rings (SSSR count). The highest BCUT2D eigenvalue weighted by Gasteiger charge is 2.00. The fourth-order valence-electron chi connectivity index (χ4n) is 1.47. The molecule has 0 spiro atoms. The first-order valence-corrected chi connectivity index (χ1v) is 5.83. The molecule has 1 aromatic rings. The average Bonchev–Trinajstić information content (AvgIpc) is 2.28. The summed E-state index contributed by atoms with van der Waals surface area (Å²) in [6.45, 7) is 6.08. The molecule has 90 valence electrons. The Labute approximate surface area is 103 Å². The normalized spacial score (nSPS) is 11.9. The van der Waals surface area contributed by atoms with Crippen LogP contribution < -0.4 is 0 Å². The van der Waals surface area contributed by atoms with Crippen LogP contribution in [-0.2, 0) is 0 Å². The monoisotopic (exact) mass is 230 g/mol. The van der Waals surface area contributed by atoms with E-state index in [0.717, 1.165) is 12.0 Å². The number of hydrogen-bond donors (Lipinski definition) is 0. The van der Waals surface area contributed by atoms with Gasteiger partial charge in [0.2, 0.25) is 0 Å². The van der Waals surface area contributed by atoms with Crippen molar-refractivity contribution in [2.45, 2.75) is 27.2 Å². The summed E-state index contributed by atoms with van der Waals surface area (Å²) in [5.41, 5.74) is 2.92. The zero-order valence-corrected chi connectivity index (χ0v) is 10.7. The average molecular weight is 230 g/mol. The fraction of sp³-hybridized carbons (Fsp3) is 0.250. The Morgan fingerprint density at radius 1 is 1.18 bits per heavy atom. The molecule has 0 atom stereocenters. The number of rotatable bonds is 4. The van der Waals surface area contributed by atoms with Crippen molar-refractivity contribution in [2.75, 3.05) is 0 Å². The van der Waals surface area contributed by atoms with Crippen molar-refractivity contribution in [3.8, 4) is 0 Å². The third-order valence-corrected chi connectivity index (χ3v) is 2.44. The van der Waals surface area contributed by atoms with Crippen LogP contribution in [-0.4, -0.2) is 0 Å². The lowest BCUT2D eigenvalue weighted by Gasteiger charge is -2.01. The standard InChI is InChI=1S/C16H19F/c1-13(2)9-5-4-6-10-14(3)15-11-7-8-12-16(15)17/h4,6-12H,5H2,1-3H3/b6-4-,14-10-. The summed E-state index contributed by atoms with van der Waals surface area (Å²) in [5, 5.41) is 0. The number of allylic oxidation sites excluding steroid dienone is 6. The topological polar surface area (TPSA) is 0 Å². The van der Waals surface area contributed by atoms with Gasteiger partial charge in [-0.15, -0.1) is 0 Å². The predicted octanol–water partition coefficient (Wildman–Crippen LogP) is 5.14. The smallest absolute Gasteiger partial charge is 0.130 e. The zero-order valence-electron chi connectivity index (χ0n) is 10.7. The summed E-state index contributed by atoms with van der Waals surface area (Å²) in [4.78, 5) is 0. The molecule has 0 unspecified atom stereocenters. The van der Waals surface area contributed by atoms with Crippen molar-refractivity contribution in [3.05, 3.63) is 65.5 Å². The minimum Gasteiger partial charge on any atom is -0.206 e. The lowest BCUT2D eigenvalue weighted by atomic mass is 10.1. The molecule has 0 saturated heterocycles. The number of benzene rings is 1.